The predicted octanol–water partition coefficient (Wildman–Crippen LogP) is 2.55. The van der Waals surface area contributed by atoms with Gasteiger partial charge in [0.2, 0.25) is 0 Å². The van der Waals surface area contributed by atoms with E-state index in [0.29, 0.717) is 0 Å². The predicted molar refractivity (Wildman–Crippen MR) is 73.2 cm³/mol. The monoisotopic (exact) mass is 308 g/mol. The molecular formula is C12H13BrN4O. The Morgan fingerprint density at radius 3 is 2.56 bits per heavy atom. The first kappa shape index (κ1) is 12.8. The minimum absolute atomic E-state index is 0.748. The lowest BCUT2D eigenvalue weighted by Gasteiger charge is -2.04. The number of hydrogen-bond donors (Lipinski definition) is 0. The summed E-state index contributed by atoms with van der Waals surface area (Å²) < 4.78 is 7.93. The van der Waals surface area contributed by atoms with E-state index in [1.807, 2.05) is 32.0 Å². The van der Waals surface area contributed by atoms with Gasteiger partial charge in [0.1, 0.15) is 5.75 Å². The molecule has 1 heterocycles. The fourth-order valence-electron chi connectivity index (χ4n) is 1.56. The summed E-state index contributed by atoms with van der Waals surface area (Å²) in [7, 11) is 1.63. The number of aromatic nitrogens is 3. The topological polar surface area (TPSA) is 52.3 Å². The van der Waals surface area contributed by atoms with Gasteiger partial charge in [-0.25, -0.2) is 4.68 Å². The van der Waals surface area contributed by atoms with Crippen molar-refractivity contribution in [2.75, 3.05) is 7.11 Å². The highest BCUT2D eigenvalue weighted by atomic mass is 79.9. The van der Waals surface area contributed by atoms with Crippen LogP contribution in [0.2, 0.25) is 0 Å². The van der Waals surface area contributed by atoms with Gasteiger partial charge in [0, 0.05) is 10.0 Å². The highest BCUT2D eigenvalue weighted by Gasteiger charge is 2.04. The Morgan fingerprint density at radius 2 is 1.94 bits per heavy atom. The molecular weight excluding hydrogens is 296 g/mol. The van der Waals surface area contributed by atoms with Crippen LogP contribution in [0.1, 0.15) is 17.2 Å². The second-order valence-electron chi connectivity index (χ2n) is 3.74. The normalized spacial score (nSPS) is 11.1. The molecule has 5 nitrogen and oxygen atoms in total. The Labute approximate surface area is 114 Å². The van der Waals surface area contributed by atoms with Crippen molar-refractivity contribution in [3.63, 3.8) is 0 Å². The minimum Gasteiger partial charge on any atom is -0.496 e. The van der Waals surface area contributed by atoms with Crippen molar-refractivity contribution in [2.24, 2.45) is 5.10 Å². The number of rotatable bonds is 3. The number of benzene rings is 1. The molecule has 0 radical (unpaired) electrons. The zero-order chi connectivity index (χ0) is 13.1. The van der Waals surface area contributed by atoms with Crippen molar-refractivity contribution in [3.8, 4) is 5.75 Å². The largest absolute Gasteiger partial charge is 0.496 e. The quantitative estimate of drug-likeness (QED) is 0.819. The molecule has 0 aliphatic carbocycles. The average molecular weight is 309 g/mol. The van der Waals surface area contributed by atoms with E-state index in [4.69, 9.17) is 4.74 Å². The van der Waals surface area contributed by atoms with Gasteiger partial charge in [-0.3, -0.25) is 0 Å². The summed E-state index contributed by atoms with van der Waals surface area (Å²) in [5.74, 6) is 2.26. The van der Waals surface area contributed by atoms with Gasteiger partial charge in [-0.15, -0.1) is 10.2 Å². The molecule has 0 aliphatic heterocycles. The molecule has 0 unspecified atom stereocenters. The van der Waals surface area contributed by atoms with Gasteiger partial charge in [-0.2, -0.15) is 5.10 Å². The Balaban J connectivity index is 2.37. The Kier molecular flexibility index (Phi) is 3.76. The Hall–Kier alpha value is -1.69. The molecule has 94 valence electrons. The van der Waals surface area contributed by atoms with Crippen LogP contribution in [-0.2, 0) is 0 Å². The zero-order valence-electron chi connectivity index (χ0n) is 10.4. The van der Waals surface area contributed by atoms with Crippen molar-refractivity contribution in [2.45, 2.75) is 13.8 Å². The summed E-state index contributed by atoms with van der Waals surface area (Å²) in [5, 5.41) is 12.2. The van der Waals surface area contributed by atoms with Gasteiger partial charge in [-0.05, 0) is 32.0 Å². The second kappa shape index (κ2) is 5.30. The van der Waals surface area contributed by atoms with Crippen molar-refractivity contribution in [1.82, 2.24) is 14.9 Å². The first-order valence-electron chi connectivity index (χ1n) is 5.38. The molecule has 0 bridgehead atoms. The molecule has 1 aromatic carbocycles. The third kappa shape index (κ3) is 2.59. The fourth-order valence-corrected chi connectivity index (χ4v) is 1.94. The molecule has 2 rings (SSSR count). The third-order valence-electron chi connectivity index (χ3n) is 2.46. The fraction of sp³-hybridized carbons (Fsp3) is 0.250. The number of methoxy groups -OCH3 is 1. The third-order valence-corrected chi connectivity index (χ3v) is 2.95. The van der Waals surface area contributed by atoms with Crippen molar-refractivity contribution in [1.29, 1.82) is 0 Å². The van der Waals surface area contributed by atoms with Crippen LogP contribution in [0.3, 0.4) is 0 Å². The van der Waals surface area contributed by atoms with Gasteiger partial charge in [0.15, 0.2) is 11.6 Å². The van der Waals surface area contributed by atoms with Gasteiger partial charge >= 0.3 is 0 Å². The highest BCUT2D eigenvalue weighted by Crippen LogP contribution is 2.21. The smallest absolute Gasteiger partial charge is 0.151 e. The van der Waals surface area contributed by atoms with Crippen molar-refractivity contribution in [3.05, 3.63) is 39.9 Å². The molecule has 0 aliphatic rings. The molecule has 1 aromatic heterocycles. The molecule has 2 aromatic rings. The maximum Gasteiger partial charge on any atom is 0.151 e. The molecule has 0 saturated carbocycles. The van der Waals surface area contributed by atoms with Crippen LogP contribution in [0.5, 0.6) is 5.75 Å². The van der Waals surface area contributed by atoms with Crippen LogP contribution < -0.4 is 4.74 Å². The van der Waals surface area contributed by atoms with E-state index in [-0.39, 0.29) is 0 Å². The number of aryl methyl sites for hydroxylation is 2. The van der Waals surface area contributed by atoms with Crippen LogP contribution in [0.25, 0.3) is 0 Å². The summed E-state index contributed by atoms with van der Waals surface area (Å²) in [5.41, 5.74) is 0.888. The van der Waals surface area contributed by atoms with Crippen LogP contribution in [0.15, 0.2) is 27.8 Å². The first-order valence-corrected chi connectivity index (χ1v) is 6.17. The molecule has 18 heavy (non-hydrogen) atoms. The first-order chi connectivity index (χ1) is 8.61. The van der Waals surface area contributed by atoms with Crippen molar-refractivity contribution >= 4 is 22.1 Å². The summed E-state index contributed by atoms with van der Waals surface area (Å²) >= 11 is 3.42. The second-order valence-corrected chi connectivity index (χ2v) is 4.65. The SMILES string of the molecule is COc1ccc(Br)cc1C=Nn1c(C)nnc1C. The van der Waals surface area contributed by atoms with Gasteiger partial charge in [0.05, 0.1) is 13.3 Å². The summed E-state index contributed by atoms with van der Waals surface area (Å²) in [6.45, 7) is 3.71. The zero-order valence-corrected chi connectivity index (χ0v) is 12.0. The van der Waals surface area contributed by atoms with Crippen LogP contribution in [0.4, 0.5) is 0 Å². The van der Waals surface area contributed by atoms with E-state index >= 15 is 0 Å². The molecule has 0 fully saturated rings. The van der Waals surface area contributed by atoms with E-state index in [2.05, 4.69) is 31.2 Å². The van der Waals surface area contributed by atoms with Crippen molar-refractivity contribution < 1.29 is 4.74 Å². The maximum absolute atomic E-state index is 5.28. The van der Waals surface area contributed by atoms with E-state index < -0.39 is 0 Å². The summed E-state index contributed by atoms with van der Waals surface area (Å²) in [6.07, 6.45) is 1.73. The molecule has 0 spiro atoms. The molecule has 0 saturated heterocycles. The number of halogens is 1. The number of nitrogens with zero attached hydrogens (tertiary/aromatic N) is 4. The van der Waals surface area contributed by atoms with E-state index in [0.717, 1.165) is 27.4 Å². The Morgan fingerprint density at radius 1 is 1.28 bits per heavy atom. The van der Waals surface area contributed by atoms with Crippen LogP contribution in [-0.4, -0.2) is 28.2 Å². The van der Waals surface area contributed by atoms with Crippen LogP contribution in [0, 0.1) is 13.8 Å². The van der Waals surface area contributed by atoms with E-state index in [9.17, 15) is 0 Å². The van der Waals surface area contributed by atoms with Gasteiger partial charge < -0.3 is 4.74 Å². The summed E-state index contributed by atoms with van der Waals surface area (Å²) in [6, 6.07) is 5.75. The van der Waals surface area contributed by atoms with Crippen LogP contribution >= 0.6 is 15.9 Å². The number of ether oxygens (including phenoxy) is 1. The molecule has 6 heteroatoms. The lowest BCUT2D eigenvalue weighted by molar-refractivity contribution is 0.414. The standard InChI is InChI=1S/C12H13BrN4O/c1-8-15-16-9(2)17(8)14-7-10-6-11(13)4-5-12(10)18-3/h4-7H,1-3H3. The lowest BCUT2D eigenvalue weighted by atomic mass is 10.2. The minimum atomic E-state index is 0.748. The van der Waals surface area contributed by atoms with E-state index in [1.165, 1.54) is 0 Å². The highest BCUT2D eigenvalue weighted by molar-refractivity contribution is 9.10. The molecule has 0 atom stereocenters. The maximum atomic E-state index is 5.28. The molecule has 0 N–H and O–H groups in total. The van der Waals surface area contributed by atoms with Gasteiger partial charge in [0.25, 0.3) is 0 Å². The average Bonchev–Trinajstić information content (AvgIpc) is 2.67. The van der Waals surface area contributed by atoms with E-state index in [1.54, 1.807) is 18.0 Å². The lowest BCUT2D eigenvalue weighted by Crippen LogP contribution is -1.97. The molecule has 0 amide bonds. The van der Waals surface area contributed by atoms with Gasteiger partial charge in [-0.1, -0.05) is 15.9 Å². The Bertz CT molecular complexity index is 572. The summed E-state index contributed by atoms with van der Waals surface area (Å²) in [4.78, 5) is 0. The number of hydrogen-bond acceptors (Lipinski definition) is 4.